The van der Waals surface area contributed by atoms with Gasteiger partial charge in [0.2, 0.25) is 0 Å². The minimum atomic E-state index is -3.90. The summed E-state index contributed by atoms with van der Waals surface area (Å²) in [7, 11) is 0. The van der Waals surface area contributed by atoms with Crippen molar-refractivity contribution in [3.05, 3.63) is 0 Å². The van der Waals surface area contributed by atoms with Gasteiger partial charge in [0.05, 0.1) is 13.2 Å². The fourth-order valence-electron chi connectivity index (χ4n) is 0.523. The van der Waals surface area contributed by atoms with Crippen molar-refractivity contribution in [1.82, 2.24) is 5.43 Å². The highest BCUT2D eigenvalue weighted by atomic mass is 19.3. The molecule has 0 fully saturated rings. The van der Waals surface area contributed by atoms with Crippen molar-refractivity contribution in [1.29, 1.82) is 0 Å². The van der Waals surface area contributed by atoms with E-state index in [1.807, 2.05) is 0 Å². The number of nitrogens with two attached hydrogens (primary N) is 1. The average Bonchev–Trinajstić information content (AvgIpc) is 2.11. The van der Waals surface area contributed by atoms with E-state index in [4.69, 9.17) is 4.74 Å². The number of nitrogens with one attached hydrogen (secondary N) is 1. The highest BCUT2D eigenvalue weighted by molar-refractivity contribution is 5.81. The van der Waals surface area contributed by atoms with Gasteiger partial charge in [0.25, 0.3) is 0 Å². The van der Waals surface area contributed by atoms with Crippen LogP contribution in [0, 0.1) is 0 Å². The summed E-state index contributed by atoms with van der Waals surface area (Å²) < 4.78 is 33.6. The van der Waals surface area contributed by atoms with Gasteiger partial charge < -0.3 is 9.47 Å². The van der Waals surface area contributed by atoms with E-state index in [9.17, 15) is 13.6 Å². The predicted octanol–water partition coefficient (Wildman–Crippen LogP) is -0.378. The van der Waals surface area contributed by atoms with Gasteiger partial charge in [-0.05, 0) is 6.92 Å². The van der Waals surface area contributed by atoms with Gasteiger partial charge in [-0.3, -0.25) is 10.2 Å². The molecule has 0 atom stereocenters. The number of carbonyl (C=O) groups is 1. The molecule has 0 aromatic heterocycles. The fraction of sp³-hybridized carbons (Fsp3) is 0.833. The highest BCUT2D eigenvalue weighted by Crippen LogP contribution is 2.14. The molecule has 0 aliphatic carbocycles. The van der Waals surface area contributed by atoms with Crippen molar-refractivity contribution in [2.45, 2.75) is 13.0 Å². The van der Waals surface area contributed by atoms with E-state index in [0.29, 0.717) is 6.61 Å². The van der Waals surface area contributed by atoms with Crippen LogP contribution >= 0.6 is 0 Å². The Kier molecular flexibility index (Phi) is 5.44. The Morgan fingerprint density at radius 1 is 1.54 bits per heavy atom. The van der Waals surface area contributed by atoms with Gasteiger partial charge in [-0.25, -0.2) is 5.84 Å². The topological polar surface area (TPSA) is 73.6 Å². The maximum absolute atomic E-state index is 12.5. The molecule has 0 saturated heterocycles. The SMILES string of the molecule is CCOCCOC(F)(F)C(=O)NN. The van der Waals surface area contributed by atoms with Crippen molar-refractivity contribution in [2.24, 2.45) is 5.84 Å². The fourth-order valence-corrected chi connectivity index (χ4v) is 0.523. The van der Waals surface area contributed by atoms with Crippen molar-refractivity contribution >= 4 is 5.91 Å². The van der Waals surface area contributed by atoms with Crippen LogP contribution in [0.4, 0.5) is 8.78 Å². The third-order valence-electron chi connectivity index (χ3n) is 1.11. The van der Waals surface area contributed by atoms with Crippen LogP contribution in [0.2, 0.25) is 0 Å². The lowest BCUT2D eigenvalue weighted by molar-refractivity contribution is -0.234. The monoisotopic (exact) mass is 198 g/mol. The zero-order valence-corrected chi connectivity index (χ0v) is 7.18. The van der Waals surface area contributed by atoms with E-state index in [1.54, 1.807) is 6.92 Å². The molecule has 0 unspecified atom stereocenters. The molecule has 0 bridgehead atoms. The molecule has 0 radical (unpaired) electrons. The summed E-state index contributed by atoms with van der Waals surface area (Å²) in [6, 6.07) is 0. The molecule has 0 saturated carbocycles. The summed E-state index contributed by atoms with van der Waals surface area (Å²) in [4.78, 5) is 10.3. The van der Waals surface area contributed by atoms with Crippen LogP contribution in [0.5, 0.6) is 0 Å². The van der Waals surface area contributed by atoms with Crippen molar-refractivity contribution < 1.29 is 23.0 Å². The first kappa shape index (κ1) is 12.2. The first-order chi connectivity index (χ1) is 6.04. The lowest BCUT2D eigenvalue weighted by Crippen LogP contribution is -2.45. The summed E-state index contributed by atoms with van der Waals surface area (Å²) in [5, 5.41) is 0. The molecule has 0 aromatic carbocycles. The Bertz CT molecular complexity index is 166. The summed E-state index contributed by atoms with van der Waals surface area (Å²) in [6.45, 7) is 1.75. The number of alkyl halides is 2. The van der Waals surface area contributed by atoms with Crippen LogP contribution in [-0.2, 0) is 14.3 Å². The van der Waals surface area contributed by atoms with Gasteiger partial charge >= 0.3 is 12.0 Å². The van der Waals surface area contributed by atoms with Crippen molar-refractivity contribution in [3.8, 4) is 0 Å². The molecule has 0 aliphatic rings. The van der Waals surface area contributed by atoms with E-state index < -0.39 is 12.0 Å². The number of amides is 1. The summed E-state index contributed by atoms with van der Waals surface area (Å²) >= 11 is 0. The highest BCUT2D eigenvalue weighted by Gasteiger charge is 2.39. The minimum Gasteiger partial charge on any atom is -0.379 e. The smallest absolute Gasteiger partial charge is 0.379 e. The summed E-state index contributed by atoms with van der Waals surface area (Å²) in [5.74, 6) is 2.82. The number of ether oxygens (including phenoxy) is 2. The van der Waals surface area contributed by atoms with E-state index in [-0.39, 0.29) is 13.2 Å². The molecule has 0 rings (SSSR count). The molecular formula is C6H12F2N2O3. The lowest BCUT2D eigenvalue weighted by Gasteiger charge is -2.14. The molecule has 5 nitrogen and oxygen atoms in total. The van der Waals surface area contributed by atoms with Crippen LogP contribution in [0.25, 0.3) is 0 Å². The maximum Gasteiger partial charge on any atom is 0.437 e. The van der Waals surface area contributed by atoms with E-state index in [2.05, 4.69) is 10.6 Å². The third kappa shape index (κ3) is 4.71. The standard InChI is InChI=1S/C6H12F2N2O3/c1-2-12-3-4-13-6(7,8)5(11)10-9/h2-4,9H2,1H3,(H,10,11). The second kappa shape index (κ2) is 5.79. The molecule has 0 aliphatic heterocycles. The second-order valence-corrected chi connectivity index (χ2v) is 2.04. The maximum atomic E-state index is 12.5. The van der Waals surface area contributed by atoms with Crippen LogP contribution in [0.1, 0.15) is 6.92 Å². The third-order valence-corrected chi connectivity index (χ3v) is 1.11. The minimum absolute atomic E-state index is 0.00391. The summed E-state index contributed by atoms with van der Waals surface area (Å²) in [5.41, 5.74) is 1.29. The second-order valence-electron chi connectivity index (χ2n) is 2.04. The van der Waals surface area contributed by atoms with Gasteiger partial charge in [0, 0.05) is 6.61 Å². The number of hydrazine groups is 1. The molecule has 0 spiro atoms. The summed E-state index contributed by atoms with van der Waals surface area (Å²) in [6.07, 6.45) is -3.90. The number of hydrogen-bond acceptors (Lipinski definition) is 4. The molecule has 1 amide bonds. The van der Waals surface area contributed by atoms with E-state index in [1.165, 1.54) is 5.43 Å². The number of hydrogen-bond donors (Lipinski definition) is 2. The number of halogens is 2. The zero-order chi connectivity index (χ0) is 10.3. The van der Waals surface area contributed by atoms with Gasteiger partial charge in [0.15, 0.2) is 0 Å². The Hall–Kier alpha value is -0.790. The average molecular weight is 198 g/mol. The predicted molar refractivity (Wildman–Crippen MR) is 39.7 cm³/mol. The molecule has 13 heavy (non-hydrogen) atoms. The van der Waals surface area contributed by atoms with Crippen molar-refractivity contribution in [2.75, 3.05) is 19.8 Å². The quantitative estimate of drug-likeness (QED) is 0.264. The van der Waals surface area contributed by atoms with Crippen LogP contribution < -0.4 is 11.3 Å². The Morgan fingerprint density at radius 3 is 2.62 bits per heavy atom. The van der Waals surface area contributed by atoms with Gasteiger partial charge in [0.1, 0.15) is 0 Å². The van der Waals surface area contributed by atoms with Gasteiger partial charge in [-0.2, -0.15) is 8.78 Å². The van der Waals surface area contributed by atoms with Crippen LogP contribution in [-0.4, -0.2) is 31.8 Å². The number of rotatable bonds is 6. The lowest BCUT2D eigenvalue weighted by atomic mass is 10.6. The van der Waals surface area contributed by atoms with Gasteiger partial charge in [-0.15, -0.1) is 0 Å². The zero-order valence-electron chi connectivity index (χ0n) is 7.18. The number of carbonyl (C=O) groups excluding carboxylic acids is 1. The molecule has 3 N–H and O–H groups in total. The first-order valence-corrected chi connectivity index (χ1v) is 3.65. The van der Waals surface area contributed by atoms with Gasteiger partial charge in [-0.1, -0.05) is 0 Å². The van der Waals surface area contributed by atoms with Crippen LogP contribution in [0.15, 0.2) is 0 Å². The largest absolute Gasteiger partial charge is 0.437 e. The first-order valence-electron chi connectivity index (χ1n) is 3.65. The molecule has 0 heterocycles. The molecule has 78 valence electrons. The van der Waals surface area contributed by atoms with Crippen LogP contribution in [0.3, 0.4) is 0 Å². The Morgan fingerprint density at radius 2 is 2.15 bits per heavy atom. The normalized spacial score (nSPS) is 11.4. The molecular weight excluding hydrogens is 186 g/mol. The van der Waals surface area contributed by atoms with E-state index >= 15 is 0 Å². The van der Waals surface area contributed by atoms with Crippen molar-refractivity contribution in [3.63, 3.8) is 0 Å². The molecule has 0 aromatic rings. The van der Waals surface area contributed by atoms with E-state index in [0.717, 1.165) is 0 Å². The Balaban J connectivity index is 3.69. The molecule has 7 heteroatoms. The Labute approximate surface area is 74.1 Å².